The second-order valence-electron chi connectivity index (χ2n) is 34.9. The zero-order valence-corrected chi connectivity index (χ0v) is 74.7. The minimum atomic E-state index is 1.09. The quantitative estimate of drug-likeness (QED) is 0.145. The maximum Gasteiger partial charge on any atom is 0.125 e. The largest absolute Gasteiger partial charge is 0.309 e. The third kappa shape index (κ3) is 13.0. The molecule has 0 N–H and O–H groups in total. The lowest BCUT2D eigenvalue weighted by Crippen LogP contribution is -1.96. The normalized spacial score (nSPS) is 11.9. The van der Waals surface area contributed by atoms with Gasteiger partial charge in [0.15, 0.2) is 0 Å². The van der Waals surface area contributed by atoms with Crippen LogP contribution in [0, 0.1) is 0 Å². The van der Waals surface area contributed by atoms with Crippen LogP contribution in [-0.2, 0) is 0 Å². The molecule has 0 radical (unpaired) electrons. The van der Waals surface area contributed by atoms with Gasteiger partial charge in [-0.1, -0.05) is 297 Å². The Morgan fingerprint density at radius 3 is 0.955 bits per heavy atom. The van der Waals surface area contributed by atoms with E-state index in [1.165, 1.54) is 238 Å². The molecule has 6 nitrogen and oxygen atoms in total. The van der Waals surface area contributed by atoms with Crippen molar-refractivity contribution >= 4 is 214 Å². The molecule has 134 heavy (non-hydrogen) atoms. The minimum absolute atomic E-state index is 1.09. The molecule has 0 saturated heterocycles. The van der Waals surface area contributed by atoms with Crippen LogP contribution >= 0.6 is 34.0 Å². The van der Waals surface area contributed by atoms with Crippen LogP contribution in [0.1, 0.15) is 0 Å². The number of hydrogen-bond acceptors (Lipinski definition) is 6. The summed E-state index contributed by atoms with van der Waals surface area (Å²) < 4.78 is 11.1. The Labute approximate surface area is 781 Å². The molecule has 29 aromatic rings. The summed E-state index contributed by atoms with van der Waals surface area (Å²) in [5.74, 6) is 0. The number of thiophene rings is 3. The van der Waals surface area contributed by atoms with Crippen LogP contribution in [0.3, 0.4) is 0 Å². The molecular formula is C125H76N6S3. The Balaban J connectivity index is 0.000000103. The van der Waals surface area contributed by atoms with Crippen LogP contribution in [0.2, 0.25) is 0 Å². The van der Waals surface area contributed by atoms with E-state index in [9.17, 15) is 0 Å². The molecule has 0 fully saturated rings. The summed E-state index contributed by atoms with van der Waals surface area (Å²) in [6.07, 6.45) is 6.08. The van der Waals surface area contributed by atoms with Gasteiger partial charge in [0.1, 0.15) is 14.5 Å². The predicted molar refractivity (Wildman–Crippen MR) is 575 cm³/mol. The van der Waals surface area contributed by atoms with Crippen LogP contribution in [-0.4, -0.2) is 28.7 Å². The van der Waals surface area contributed by atoms with Gasteiger partial charge in [-0.05, 0) is 250 Å². The topological polar surface area (TPSA) is 53.5 Å². The Morgan fingerprint density at radius 1 is 0.149 bits per heavy atom. The Bertz CT molecular complexity index is 9820. The third-order valence-electron chi connectivity index (χ3n) is 27.2. The SMILES string of the molecule is c1cc(-c2ccc3c(cnc4sc5ccccc5c43)c2)cc(-n2c3ccccc3c3cc(-n4c5ccccc5c5ccccc54)ccc32)c1.c1ccc(-c2ccc3ccc(-c4cccc(-c5ccc6c(cnc7sc8ccccc8c76)c5)c4)cc3c2)cc1.c1ccc(-n2c3ccc(-c4cccc(-c5ccc6c(cnc7sc8ccccc8c76)c5)c4)cc3c3cc4ccccc4cc32)cc1. The highest BCUT2D eigenvalue weighted by Gasteiger charge is 2.22. The number of fused-ring (bicyclic) bond motifs is 26. The maximum atomic E-state index is 4.88. The van der Waals surface area contributed by atoms with E-state index < -0.39 is 0 Å². The molecule has 0 unspecified atom stereocenters. The minimum Gasteiger partial charge on any atom is -0.309 e. The monoisotopic (exact) mass is 1760 g/mol. The summed E-state index contributed by atoms with van der Waals surface area (Å²) in [7, 11) is 0. The Kier molecular flexibility index (Phi) is 18.2. The van der Waals surface area contributed by atoms with Gasteiger partial charge in [0.25, 0.3) is 0 Å². The molecule has 0 amide bonds. The van der Waals surface area contributed by atoms with Gasteiger partial charge in [0, 0.05) is 131 Å². The predicted octanol–water partition coefficient (Wildman–Crippen LogP) is 35.4. The molecule has 0 aliphatic carbocycles. The van der Waals surface area contributed by atoms with Gasteiger partial charge in [-0.2, -0.15) is 0 Å². The summed E-state index contributed by atoms with van der Waals surface area (Å²) in [5.41, 5.74) is 25.3. The van der Waals surface area contributed by atoms with Crippen LogP contribution in [0.15, 0.2) is 461 Å². The van der Waals surface area contributed by atoms with E-state index in [0.29, 0.717) is 0 Å². The van der Waals surface area contributed by atoms with Crippen LogP contribution in [0.4, 0.5) is 0 Å². The second-order valence-corrected chi connectivity index (χ2v) is 38.0. The van der Waals surface area contributed by atoms with E-state index in [0.717, 1.165) is 25.6 Å². The van der Waals surface area contributed by atoms with Crippen molar-refractivity contribution in [2.45, 2.75) is 0 Å². The number of nitrogens with zero attached hydrogens (tertiary/aromatic N) is 6. The maximum absolute atomic E-state index is 4.88. The van der Waals surface area contributed by atoms with Gasteiger partial charge in [0.05, 0.1) is 33.1 Å². The molecule has 624 valence electrons. The van der Waals surface area contributed by atoms with Crippen molar-refractivity contribution in [3.05, 3.63) is 461 Å². The van der Waals surface area contributed by atoms with Gasteiger partial charge in [-0.25, -0.2) is 15.0 Å². The molecule has 9 heterocycles. The first-order valence-electron chi connectivity index (χ1n) is 45.4. The molecule has 9 aromatic heterocycles. The fourth-order valence-electron chi connectivity index (χ4n) is 20.9. The highest BCUT2D eigenvalue weighted by molar-refractivity contribution is 7.26. The molecule has 0 bridgehead atoms. The lowest BCUT2D eigenvalue weighted by atomic mass is 9.95. The summed E-state index contributed by atoms with van der Waals surface area (Å²) >= 11 is 5.30. The molecule has 0 aliphatic heterocycles. The van der Waals surface area contributed by atoms with Crippen molar-refractivity contribution in [3.8, 4) is 83.8 Å². The first kappa shape index (κ1) is 77.2. The first-order valence-corrected chi connectivity index (χ1v) is 47.9. The number of aromatic nitrogens is 6. The van der Waals surface area contributed by atoms with Gasteiger partial charge in [-0.15, -0.1) is 34.0 Å². The number of rotatable bonds is 9. The average Bonchev–Trinajstić information content (AvgIpc) is 1.57. The second kappa shape index (κ2) is 31.5. The summed E-state index contributed by atoms with van der Waals surface area (Å²) in [6.45, 7) is 0. The van der Waals surface area contributed by atoms with E-state index in [-0.39, 0.29) is 0 Å². The summed E-state index contributed by atoms with van der Waals surface area (Å²) in [4.78, 5) is 17.9. The zero-order valence-electron chi connectivity index (χ0n) is 72.3. The van der Waals surface area contributed by atoms with Crippen LogP contribution in [0.25, 0.3) is 264 Å². The van der Waals surface area contributed by atoms with Gasteiger partial charge in [-0.3, -0.25) is 0 Å². The van der Waals surface area contributed by atoms with Crippen molar-refractivity contribution < 1.29 is 0 Å². The van der Waals surface area contributed by atoms with Gasteiger partial charge < -0.3 is 13.7 Å². The third-order valence-corrected chi connectivity index (χ3v) is 30.5. The van der Waals surface area contributed by atoms with Crippen molar-refractivity contribution in [3.63, 3.8) is 0 Å². The number of hydrogen-bond donors (Lipinski definition) is 0. The molecule has 20 aromatic carbocycles. The van der Waals surface area contributed by atoms with Gasteiger partial charge in [0.2, 0.25) is 0 Å². The molecular weight excluding hydrogens is 1680 g/mol. The van der Waals surface area contributed by atoms with Crippen molar-refractivity contribution in [1.29, 1.82) is 0 Å². The molecule has 0 aliphatic rings. The van der Waals surface area contributed by atoms with E-state index >= 15 is 0 Å². The first-order chi connectivity index (χ1) is 66.4. The van der Waals surface area contributed by atoms with Crippen LogP contribution < -0.4 is 0 Å². The molecule has 0 spiro atoms. The number of pyridine rings is 3. The van der Waals surface area contributed by atoms with Crippen LogP contribution in [0.5, 0.6) is 0 Å². The molecule has 9 heteroatoms. The summed E-state index contributed by atoms with van der Waals surface area (Å²) in [6, 6.07) is 161. The molecule has 29 rings (SSSR count). The lowest BCUT2D eigenvalue weighted by Gasteiger charge is -2.12. The molecule has 0 atom stereocenters. The number of para-hydroxylation sites is 4. The van der Waals surface area contributed by atoms with Gasteiger partial charge >= 0.3 is 0 Å². The van der Waals surface area contributed by atoms with E-state index in [1.54, 1.807) is 34.0 Å². The van der Waals surface area contributed by atoms with Crippen molar-refractivity contribution in [2.75, 3.05) is 0 Å². The Hall–Kier alpha value is -16.8. The summed E-state index contributed by atoms with van der Waals surface area (Å²) in [5, 5.41) is 27.5. The standard InChI is InChI=1S/C45H27N3S.C43H26N2S.C37H23NS/c1-5-16-39-34(12-1)35-13-2-6-17-40(35)48(39)32-21-23-42-38(26-32)36-14-3-7-18-41(36)47(42)31-11-9-10-28(25-31)29-20-22-33-30(24-29)27-46-45-44(33)37-15-4-8-19-43(37)49-45;1-2-13-34(14-3-1)45-39-20-18-32(24-37(39)38-23-29-9-4-5-10-30(29)25-40(38)45)28-12-8-11-27(21-28)31-17-19-35-33(22-31)26-44-43-42(35)36-15-6-7-16-41(36)46-43;1-2-7-24(8-3-1)28-15-13-25-14-16-29(21-31(25)20-28)26-9-6-10-27(19-26)30-17-18-33-32(22-30)23-38-37-36(33)34-11-4-5-12-35(34)39-37/h1-27H;1-26H;1-23H. The fourth-order valence-corrected chi connectivity index (χ4v) is 24.1. The highest BCUT2D eigenvalue weighted by atomic mass is 32.1. The fraction of sp³-hybridized carbons (Fsp3) is 0. The molecule has 0 saturated carbocycles. The number of benzene rings is 20. The van der Waals surface area contributed by atoms with E-state index in [1.807, 2.05) is 18.6 Å². The smallest absolute Gasteiger partial charge is 0.125 e. The van der Waals surface area contributed by atoms with Crippen molar-refractivity contribution in [2.24, 2.45) is 0 Å². The average molecular weight is 1760 g/mol. The lowest BCUT2D eigenvalue weighted by molar-refractivity contribution is 1.17. The highest BCUT2D eigenvalue weighted by Crippen LogP contribution is 2.47. The van der Waals surface area contributed by atoms with E-state index in [4.69, 9.17) is 15.0 Å². The van der Waals surface area contributed by atoms with E-state index in [2.05, 4.69) is 457 Å². The zero-order chi connectivity index (χ0) is 88.0. The Morgan fingerprint density at radius 2 is 0.463 bits per heavy atom. The van der Waals surface area contributed by atoms with Crippen molar-refractivity contribution in [1.82, 2.24) is 28.7 Å².